The fourth-order valence-electron chi connectivity index (χ4n) is 2.79. The molecule has 3 aromatic heterocycles. The lowest BCUT2D eigenvalue weighted by atomic mass is 10.2. The monoisotopic (exact) mass is 370 g/mol. The molecule has 0 atom stereocenters. The second-order valence-electron chi connectivity index (χ2n) is 5.72. The van der Waals surface area contributed by atoms with Crippen molar-refractivity contribution in [2.75, 3.05) is 18.5 Å². The lowest BCUT2D eigenvalue weighted by Crippen LogP contribution is -2.17. The average Bonchev–Trinajstić information content (AvgIpc) is 3.04. The number of hydrogen-bond donors (Lipinski definition) is 2. The van der Waals surface area contributed by atoms with Crippen molar-refractivity contribution in [2.24, 2.45) is 0 Å². The Labute approximate surface area is 151 Å². The van der Waals surface area contributed by atoms with Gasteiger partial charge in [0.05, 0.1) is 16.6 Å². The molecule has 4 aromatic rings. The molecule has 0 radical (unpaired) electrons. The standard InChI is InChI=1S/C18H15FN4O2S/c19-11-2-4-12(5-3-11)23-10-22-15-14-13(20-7-1-9-24)6-8-21-17(14)26-16(15)18(23)25/h2-6,8,10,24H,1,7,9H2,(H,20,21). The molecule has 4 rings (SSSR count). The van der Waals surface area contributed by atoms with E-state index in [0.29, 0.717) is 28.9 Å². The Balaban J connectivity index is 1.88. The molecule has 0 amide bonds. The summed E-state index contributed by atoms with van der Waals surface area (Å²) in [5.41, 5.74) is 1.76. The van der Waals surface area contributed by atoms with Gasteiger partial charge in [0.15, 0.2) is 0 Å². The minimum atomic E-state index is -0.361. The summed E-state index contributed by atoms with van der Waals surface area (Å²) in [6, 6.07) is 7.53. The lowest BCUT2D eigenvalue weighted by Gasteiger charge is -2.07. The van der Waals surface area contributed by atoms with Gasteiger partial charge in [-0.25, -0.2) is 14.4 Å². The summed E-state index contributed by atoms with van der Waals surface area (Å²) in [4.78, 5) is 22.5. The first-order valence-corrected chi connectivity index (χ1v) is 8.90. The van der Waals surface area contributed by atoms with Gasteiger partial charge in [0.25, 0.3) is 5.56 Å². The van der Waals surface area contributed by atoms with Crippen molar-refractivity contribution in [3.63, 3.8) is 0 Å². The molecule has 2 N–H and O–H groups in total. The molecule has 26 heavy (non-hydrogen) atoms. The van der Waals surface area contributed by atoms with Crippen LogP contribution in [0.3, 0.4) is 0 Å². The molecular weight excluding hydrogens is 355 g/mol. The number of aliphatic hydroxyl groups is 1. The van der Waals surface area contributed by atoms with Crippen molar-refractivity contribution >= 4 is 37.5 Å². The van der Waals surface area contributed by atoms with Crippen LogP contribution in [-0.4, -0.2) is 32.8 Å². The number of anilines is 1. The third kappa shape index (κ3) is 2.83. The Morgan fingerprint density at radius 3 is 2.77 bits per heavy atom. The molecule has 8 heteroatoms. The fraction of sp³-hybridized carbons (Fsp3) is 0.167. The highest BCUT2D eigenvalue weighted by Crippen LogP contribution is 2.34. The van der Waals surface area contributed by atoms with Crippen LogP contribution in [0, 0.1) is 5.82 Å². The number of thiophene rings is 1. The highest BCUT2D eigenvalue weighted by Gasteiger charge is 2.16. The number of benzene rings is 1. The van der Waals surface area contributed by atoms with E-state index >= 15 is 0 Å². The van der Waals surface area contributed by atoms with E-state index in [4.69, 9.17) is 5.11 Å². The first-order valence-electron chi connectivity index (χ1n) is 8.08. The summed E-state index contributed by atoms with van der Waals surface area (Å²) < 4.78 is 15.0. The van der Waals surface area contributed by atoms with Gasteiger partial charge in [-0.05, 0) is 36.8 Å². The fourth-order valence-corrected chi connectivity index (χ4v) is 3.84. The molecule has 0 aliphatic rings. The highest BCUT2D eigenvalue weighted by molar-refractivity contribution is 7.25. The highest BCUT2D eigenvalue weighted by atomic mass is 32.1. The smallest absolute Gasteiger partial charge is 0.275 e. The summed E-state index contributed by atoms with van der Waals surface area (Å²) in [5.74, 6) is -0.361. The van der Waals surface area contributed by atoms with Gasteiger partial charge in [0.1, 0.15) is 21.7 Å². The zero-order valence-corrected chi connectivity index (χ0v) is 14.5. The van der Waals surface area contributed by atoms with Crippen LogP contribution in [0.5, 0.6) is 0 Å². The van der Waals surface area contributed by atoms with Gasteiger partial charge in [0, 0.05) is 25.0 Å². The SMILES string of the molecule is O=c1c2sc3nccc(NCCCO)c3c2ncn1-c1ccc(F)cc1. The van der Waals surface area contributed by atoms with Gasteiger partial charge in [-0.3, -0.25) is 9.36 Å². The average molecular weight is 370 g/mol. The van der Waals surface area contributed by atoms with Crippen LogP contribution < -0.4 is 10.9 Å². The van der Waals surface area contributed by atoms with E-state index in [2.05, 4.69) is 15.3 Å². The molecule has 0 fully saturated rings. The Morgan fingerprint density at radius 2 is 2.00 bits per heavy atom. The topological polar surface area (TPSA) is 80.0 Å². The number of aromatic nitrogens is 3. The Bertz CT molecular complexity index is 1140. The molecule has 6 nitrogen and oxygen atoms in total. The van der Waals surface area contributed by atoms with Crippen molar-refractivity contribution in [1.29, 1.82) is 0 Å². The first-order chi connectivity index (χ1) is 12.7. The zero-order chi connectivity index (χ0) is 18.1. The number of nitrogens with zero attached hydrogens (tertiary/aromatic N) is 3. The number of aliphatic hydroxyl groups excluding tert-OH is 1. The molecule has 0 spiro atoms. The van der Waals surface area contributed by atoms with Crippen LogP contribution in [0.15, 0.2) is 47.7 Å². The Morgan fingerprint density at radius 1 is 1.19 bits per heavy atom. The number of pyridine rings is 1. The summed E-state index contributed by atoms with van der Waals surface area (Å²) in [6.45, 7) is 0.714. The van der Waals surface area contributed by atoms with Crippen LogP contribution in [0.25, 0.3) is 26.1 Å². The number of nitrogens with one attached hydrogen (secondary N) is 1. The summed E-state index contributed by atoms with van der Waals surface area (Å²) in [7, 11) is 0. The van der Waals surface area contributed by atoms with Crippen LogP contribution in [0.1, 0.15) is 6.42 Å². The maximum absolute atomic E-state index is 13.1. The van der Waals surface area contributed by atoms with Crippen LogP contribution in [0.2, 0.25) is 0 Å². The van der Waals surface area contributed by atoms with E-state index in [-0.39, 0.29) is 18.0 Å². The normalized spacial score (nSPS) is 11.3. The van der Waals surface area contributed by atoms with Gasteiger partial charge in [-0.1, -0.05) is 0 Å². The molecule has 0 saturated heterocycles. The third-order valence-corrected chi connectivity index (χ3v) is 5.11. The molecular formula is C18H15FN4O2S. The molecule has 0 aliphatic heterocycles. The van der Waals surface area contributed by atoms with Crippen LogP contribution >= 0.6 is 11.3 Å². The Hall–Kier alpha value is -2.84. The molecule has 3 heterocycles. The Kier molecular flexibility index (Phi) is 4.36. The van der Waals surface area contributed by atoms with Crippen molar-refractivity contribution in [3.05, 3.63) is 59.0 Å². The van der Waals surface area contributed by atoms with Crippen molar-refractivity contribution in [1.82, 2.24) is 14.5 Å². The van der Waals surface area contributed by atoms with Gasteiger partial charge in [-0.15, -0.1) is 11.3 Å². The van der Waals surface area contributed by atoms with Gasteiger partial charge < -0.3 is 10.4 Å². The predicted octanol–water partition coefficient (Wildman–Crippen LogP) is 2.93. The first kappa shape index (κ1) is 16.6. The summed E-state index contributed by atoms with van der Waals surface area (Å²) >= 11 is 1.28. The molecule has 0 unspecified atom stereocenters. The van der Waals surface area contributed by atoms with E-state index in [0.717, 1.165) is 15.9 Å². The lowest BCUT2D eigenvalue weighted by molar-refractivity contribution is 0.292. The maximum atomic E-state index is 13.1. The third-order valence-electron chi connectivity index (χ3n) is 4.04. The minimum Gasteiger partial charge on any atom is -0.396 e. The number of rotatable bonds is 5. The largest absolute Gasteiger partial charge is 0.396 e. The number of fused-ring (bicyclic) bond motifs is 3. The van der Waals surface area contributed by atoms with Crippen LogP contribution in [-0.2, 0) is 0 Å². The summed E-state index contributed by atoms with van der Waals surface area (Å²) in [5, 5.41) is 13.0. The quantitative estimate of drug-likeness (QED) is 0.528. The van der Waals surface area contributed by atoms with Gasteiger partial charge in [-0.2, -0.15) is 0 Å². The number of hydrogen-bond acceptors (Lipinski definition) is 6. The molecule has 132 valence electrons. The zero-order valence-electron chi connectivity index (χ0n) is 13.6. The van der Waals surface area contributed by atoms with Crippen molar-refractivity contribution in [3.8, 4) is 5.69 Å². The van der Waals surface area contributed by atoms with E-state index in [1.807, 2.05) is 6.07 Å². The van der Waals surface area contributed by atoms with Crippen molar-refractivity contribution in [2.45, 2.75) is 6.42 Å². The van der Waals surface area contributed by atoms with E-state index < -0.39 is 0 Å². The second kappa shape index (κ2) is 6.81. The van der Waals surface area contributed by atoms with E-state index in [1.54, 1.807) is 6.20 Å². The maximum Gasteiger partial charge on any atom is 0.275 e. The van der Waals surface area contributed by atoms with Gasteiger partial charge >= 0.3 is 0 Å². The molecule has 0 saturated carbocycles. The molecule has 1 aromatic carbocycles. The van der Waals surface area contributed by atoms with Crippen LogP contribution in [0.4, 0.5) is 10.1 Å². The van der Waals surface area contributed by atoms with E-state index in [1.165, 1.54) is 46.5 Å². The number of halogens is 1. The molecule has 0 bridgehead atoms. The van der Waals surface area contributed by atoms with Crippen molar-refractivity contribution < 1.29 is 9.50 Å². The van der Waals surface area contributed by atoms with E-state index in [9.17, 15) is 9.18 Å². The minimum absolute atomic E-state index is 0.103. The second-order valence-corrected chi connectivity index (χ2v) is 6.72. The van der Waals surface area contributed by atoms with Gasteiger partial charge in [0.2, 0.25) is 0 Å². The predicted molar refractivity (Wildman–Crippen MR) is 101 cm³/mol. The molecule has 0 aliphatic carbocycles. The summed E-state index contributed by atoms with van der Waals surface area (Å²) in [6.07, 6.45) is 3.75.